The van der Waals surface area contributed by atoms with Crippen molar-refractivity contribution >= 4 is 32.6 Å². The van der Waals surface area contributed by atoms with Crippen LogP contribution in [0.2, 0.25) is 0 Å². The largest absolute Gasteiger partial charge is 0.398 e. The fraction of sp³-hybridized carbons (Fsp3) is 0.500. The van der Waals surface area contributed by atoms with Crippen molar-refractivity contribution in [2.45, 2.75) is 11.8 Å². The summed E-state index contributed by atoms with van der Waals surface area (Å²) < 4.78 is 25.9. The Morgan fingerprint density at radius 2 is 2.11 bits per heavy atom. The number of ether oxygens (including phenoxy) is 2. The summed E-state index contributed by atoms with van der Waals surface area (Å²) in [6.07, 6.45) is 0. The van der Waals surface area contributed by atoms with Crippen LogP contribution in [-0.2, 0) is 20.5 Å². The molecule has 1 atom stereocenters. The van der Waals surface area contributed by atoms with Crippen molar-refractivity contribution in [3.8, 4) is 0 Å². The lowest BCUT2D eigenvalue weighted by atomic mass is 10.2. The molecule has 0 spiro atoms. The molecule has 5 nitrogen and oxygen atoms in total. The highest BCUT2D eigenvalue weighted by Gasteiger charge is 2.08. The second-order valence-corrected chi connectivity index (χ2v) is 6.04. The number of nitrogen functional groups attached to an aromatic ring is 1. The maximum absolute atomic E-state index is 12.0. The van der Waals surface area contributed by atoms with E-state index in [1.165, 1.54) is 0 Å². The molecule has 19 heavy (non-hydrogen) atoms. The predicted molar refractivity (Wildman–Crippen MR) is 80.4 cm³/mol. The van der Waals surface area contributed by atoms with Gasteiger partial charge in [-0.3, -0.25) is 0 Å². The second-order valence-electron chi connectivity index (χ2n) is 3.89. The van der Waals surface area contributed by atoms with E-state index in [-0.39, 0.29) is 0 Å². The number of hydrogen-bond acceptors (Lipinski definition) is 4. The fourth-order valence-electron chi connectivity index (χ4n) is 1.32. The van der Waals surface area contributed by atoms with E-state index in [0.29, 0.717) is 36.9 Å². The summed E-state index contributed by atoms with van der Waals surface area (Å²) >= 11 is 3.39. The van der Waals surface area contributed by atoms with Gasteiger partial charge in [0.15, 0.2) is 0 Å². The van der Waals surface area contributed by atoms with Crippen LogP contribution in [0.25, 0.3) is 0 Å². The normalized spacial score (nSPS) is 12.6. The van der Waals surface area contributed by atoms with Gasteiger partial charge < -0.3 is 15.2 Å². The highest BCUT2D eigenvalue weighted by molar-refractivity contribution is 9.10. The van der Waals surface area contributed by atoms with Crippen LogP contribution in [0.15, 0.2) is 21.5 Å². The summed E-state index contributed by atoms with van der Waals surface area (Å²) in [5.74, 6) is 0. The Kier molecular flexibility index (Phi) is 7.55. The van der Waals surface area contributed by atoms with Crippen molar-refractivity contribution in [3.05, 3.63) is 22.2 Å². The van der Waals surface area contributed by atoms with Crippen LogP contribution in [0.1, 0.15) is 5.56 Å². The van der Waals surface area contributed by atoms with Crippen LogP contribution in [-0.4, -0.2) is 37.7 Å². The van der Waals surface area contributed by atoms with Crippen molar-refractivity contribution in [3.63, 3.8) is 0 Å². The number of rotatable bonds is 8. The van der Waals surface area contributed by atoms with E-state index in [1.54, 1.807) is 19.2 Å². The van der Waals surface area contributed by atoms with Crippen LogP contribution in [0.5, 0.6) is 0 Å². The lowest BCUT2D eigenvalue weighted by molar-refractivity contribution is 0.0737. The third-order valence-corrected chi connectivity index (χ3v) is 4.44. The van der Waals surface area contributed by atoms with E-state index < -0.39 is 11.0 Å². The first-order chi connectivity index (χ1) is 9.06. The van der Waals surface area contributed by atoms with Gasteiger partial charge in [-0.25, -0.2) is 8.93 Å². The number of anilines is 1. The predicted octanol–water partition coefficient (Wildman–Crippen LogP) is 1.61. The first kappa shape index (κ1) is 16.6. The van der Waals surface area contributed by atoms with Crippen molar-refractivity contribution in [1.82, 2.24) is 4.72 Å². The smallest absolute Gasteiger partial charge is 0.125 e. The van der Waals surface area contributed by atoms with Crippen molar-refractivity contribution in [1.29, 1.82) is 0 Å². The monoisotopic (exact) mass is 350 g/mol. The molecule has 1 unspecified atom stereocenters. The average Bonchev–Trinajstić information content (AvgIpc) is 2.39. The molecule has 0 bridgehead atoms. The van der Waals surface area contributed by atoms with Gasteiger partial charge in [0.05, 0.1) is 24.7 Å². The topological polar surface area (TPSA) is 73.6 Å². The third kappa shape index (κ3) is 5.58. The highest BCUT2D eigenvalue weighted by atomic mass is 79.9. The molecule has 0 fully saturated rings. The number of methoxy groups -OCH3 is 1. The van der Waals surface area contributed by atoms with Gasteiger partial charge in [-0.1, -0.05) is 15.9 Å². The zero-order valence-electron chi connectivity index (χ0n) is 11.1. The first-order valence-corrected chi connectivity index (χ1v) is 7.78. The van der Waals surface area contributed by atoms with Gasteiger partial charge in [0.25, 0.3) is 0 Å². The summed E-state index contributed by atoms with van der Waals surface area (Å²) in [6.45, 7) is 3.99. The maximum Gasteiger partial charge on any atom is 0.125 e. The van der Waals surface area contributed by atoms with Gasteiger partial charge >= 0.3 is 0 Å². The molecule has 3 N–H and O–H groups in total. The van der Waals surface area contributed by atoms with E-state index >= 15 is 0 Å². The minimum atomic E-state index is -1.29. The Morgan fingerprint density at radius 1 is 1.37 bits per heavy atom. The van der Waals surface area contributed by atoms with Crippen molar-refractivity contribution in [2.75, 3.05) is 39.2 Å². The minimum absolute atomic E-state index is 0.484. The van der Waals surface area contributed by atoms with Gasteiger partial charge in [0, 0.05) is 23.8 Å². The van der Waals surface area contributed by atoms with E-state index in [1.807, 2.05) is 6.92 Å². The van der Waals surface area contributed by atoms with Crippen molar-refractivity contribution < 1.29 is 13.7 Å². The van der Waals surface area contributed by atoms with Gasteiger partial charge in [-0.15, -0.1) is 0 Å². The standard InChI is InChI=1S/C12H19BrN2O3S/c1-9-11(13)7-10(8-12(9)14)19(16)15-3-4-18-6-5-17-2/h7-8,15H,3-6,14H2,1-2H3. The van der Waals surface area contributed by atoms with Crippen LogP contribution < -0.4 is 10.5 Å². The third-order valence-electron chi connectivity index (χ3n) is 2.48. The quantitative estimate of drug-likeness (QED) is 0.551. The summed E-state index contributed by atoms with van der Waals surface area (Å²) in [5.41, 5.74) is 7.41. The molecule has 1 aromatic rings. The molecule has 108 valence electrons. The van der Waals surface area contributed by atoms with Crippen LogP contribution in [0.4, 0.5) is 5.69 Å². The number of nitrogens with two attached hydrogens (primary N) is 1. The first-order valence-electron chi connectivity index (χ1n) is 5.84. The zero-order valence-corrected chi connectivity index (χ0v) is 13.5. The molecule has 0 saturated heterocycles. The van der Waals surface area contributed by atoms with Crippen LogP contribution >= 0.6 is 15.9 Å². The molecule has 7 heteroatoms. The Hall–Kier alpha value is -0.470. The zero-order chi connectivity index (χ0) is 14.3. The molecular formula is C12H19BrN2O3S. The van der Waals surface area contributed by atoms with Crippen LogP contribution in [0, 0.1) is 6.92 Å². The second kappa shape index (κ2) is 8.65. The van der Waals surface area contributed by atoms with Gasteiger partial charge in [0.1, 0.15) is 11.0 Å². The summed E-state index contributed by atoms with van der Waals surface area (Å²) in [6, 6.07) is 3.52. The van der Waals surface area contributed by atoms with E-state index in [2.05, 4.69) is 20.7 Å². The molecule has 1 aromatic carbocycles. The van der Waals surface area contributed by atoms with E-state index in [4.69, 9.17) is 15.2 Å². The molecule has 0 aromatic heterocycles. The summed E-state index contributed by atoms with van der Waals surface area (Å²) in [7, 11) is 0.331. The number of nitrogens with one attached hydrogen (secondary N) is 1. The molecular weight excluding hydrogens is 332 g/mol. The van der Waals surface area contributed by atoms with E-state index in [9.17, 15) is 4.21 Å². The molecule has 0 saturated carbocycles. The number of halogens is 1. The molecule has 0 radical (unpaired) electrons. The minimum Gasteiger partial charge on any atom is -0.398 e. The van der Waals surface area contributed by atoms with Gasteiger partial charge in [-0.2, -0.15) is 0 Å². The maximum atomic E-state index is 12.0. The highest BCUT2D eigenvalue weighted by Crippen LogP contribution is 2.25. The number of hydrogen-bond donors (Lipinski definition) is 2. The van der Waals surface area contributed by atoms with Gasteiger partial charge in [-0.05, 0) is 24.6 Å². The Balaban J connectivity index is 2.42. The fourth-order valence-corrected chi connectivity index (χ4v) is 2.84. The molecule has 0 amide bonds. The van der Waals surface area contributed by atoms with Gasteiger partial charge in [0.2, 0.25) is 0 Å². The lowest BCUT2D eigenvalue weighted by Gasteiger charge is -2.09. The summed E-state index contributed by atoms with van der Waals surface area (Å²) in [5, 5.41) is 0. The molecule has 1 rings (SSSR count). The SMILES string of the molecule is COCCOCCNS(=O)c1cc(N)c(C)c(Br)c1. The molecule has 0 aliphatic heterocycles. The Bertz CT molecular complexity index is 420. The Morgan fingerprint density at radius 3 is 2.74 bits per heavy atom. The number of benzene rings is 1. The molecule has 0 aliphatic rings. The van der Waals surface area contributed by atoms with E-state index in [0.717, 1.165) is 10.0 Å². The lowest BCUT2D eigenvalue weighted by Crippen LogP contribution is -2.23. The molecule has 0 aliphatic carbocycles. The molecule has 0 heterocycles. The average molecular weight is 351 g/mol. The van der Waals surface area contributed by atoms with Crippen LogP contribution in [0.3, 0.4) is 0 Å². The Labute approximate surface area is 124 Å². The van der Waals surface area contributed by atoms with Crippen molar-refractivity contribution in [2.24, 2.45) is 0 Å². The summed E-state index contributed by atoms with van der Waals surface area (Å²) in [4.78, 5) is 0.645.